The van der Waals surface area contributed by atoms with Crippen molar-refractivity contribution in [3.63, 3.8) is 0 Å². The largest absolute Gasteiger partial charge is 0.463 e. The van der Waals surface area contributed by atoms with Gasteiger partial charge in [0.05, 0.1) is 0 Å². The average Bonchev–Trinajstić information content (AvgIpc) is 2.87. The maximum Gasteiger partial charge on any atom is 0.303 e. The molecule has 0 N–H and O–H groups in total. The van der Waals surface area contributed by atoms with E-state index in [1.165, 1.54) is 27.7 Å². The average molecular weight is 558 g/mol. The van der Waals surface area contributed by atoms with Crippen LogP contribution in [-0.4, -0.2) is 75.3 Å². The second-order valence-electron chi connectivity index (χ2n) is 9.53. The number of rotatable bonds is 10. The molecule has 216 valence electrons. The van der Waals surface area contributed by atoms with Gasteiger partial charge in [-0.25, -0.2) is 0 Å². The van der Waals surface area contributed by atoms with Crippen molar-refractivity contribution in [2.75, 3.05) is 25.6 Å². The molecule has 0 bridgehead atoms. The number of benzene rings is 2. The molecule has 1 heterocycles. The molecular formula is C29H35NO10. The number of para-hydroxylation sites is 1. The van der Waals surface area contributed by atoms with E-state index in [1.807, 2.05) is 55.4 Å². The maximum absolute atomic E-state index is 12.1. The lowest BCUT2D eigenvalue weighted by Gasteiger charge is -2.44. The topological polar surface area (TPSA) is 127 Å². The maximum atomic E-state index is 12.1. The van der Waals surface area contributed by atoms with Crippen LogP contribution in [0.2, 0.25) is 0 Å². The van der Waals surface area contributed by atoms with Gasteiger partial charge in [0.15, 0.2) is 12.2 Å². The predicted octanol–water partition coefficient (Wildman–Crippen LogP) is 2.81. The van der Waals surface area contributed by atoms with Crippen LogP contribution in [0, 0.1) is 0 Å². The second-order valence-corrected chi connectivity index (χ2v) is 9.53. The summed E-state index contributed by atoms with van der Waals surface area (Å²) in [5, 5.41) is 0. The van der Waals surface area contributed by atoms with Gasteiger partial charge in [-0.15, -0.1) is 0 Å². The molecule has 2 aromatic carbocycles. The van der Waals surface area contributed by atoms with E-state index in [2.05, 4.69) is 0 Å². The summed E-state index contributed by atoms with van der Waals surface area (Å²) in [4.78, 5) is 49.7. The molecule has 0 saturated carbocycles. The Balaban J connectivity index is 1.97. The van der Waals surface area contributed by atoms with Crippen molar-refractivity contribution < 1.29 is 47.6 Å². The highest BCUT2D eigenvalue weighted by molar-refractivity contribution is 5.68. The number of carbonyl (C=O) groups is 4. The monoisotopic (exact) mass is 557 g/mol. The highest BCUT2D eigenvalue weighted by Gasteiger charge is 2.53. The molecule has 11 heteroatoms. The van der Waals surface area contributed by atoms with Crippen molar-refractivity contribution in [3.8, 4) is 5.75 Å². The molecule has 1 unspecified atom stereocenters. The van der Waals surface area contributed by atoms with Crippen molar-refractivity contribution in [2.24, 2.45) is 0 Å². The first kappa shape index (κ1) is 30.4. The van der Waals surface area contributed by atoms with E-state index in [1.54, 1.807) is 12.1 Å². The lowest BCUT2D eigenvalue weighted by Crippen LogP contribution is -2.63. The second kappa shape index (κ2) is 13.8. The molecular weight excluding hydrogens is 522 g/mol. The molecule has 1 saturated heterocycles. The Kier molecular flexibility index (Phi) is 10.5. The summed E-state index contributed by atoms with van der Waals surface area (Å²) in [6.07, 6.45) is -5.76. The highest BCUT2D eigenvalue weighted by atomic mass is 16.7. The molecule has 0 amide bonds. The zero-order valence-electron chi connectivity index (χ0n) is 23.4. The minimum atomic E-state index is -1.31. The van der Waals surface area contributed by atoms with E-state index in [0.29, 0.717) is 12.2 Å². The van der Waals surface area contributed by atoms with Crippen molar-refractivity contribution in [1.82, 2.24) is 0 Å². The van der Waals surface area contributed by atoms with Crippen LogP contribution >= 0.6 is 0 Å². The van der Waals surface area contributed by atoms with Gasteiger partial charge in [0.1, 0.15) is 18.5 Å². The van der Waals surface area contributed by atoms with Crippen LogP contribution in [0.3, 0.4) is 0 Å². The third kappa shape index (κ3) is 8.44. The lowest BCUT2D eigenvalue weighted by atomic mass is 9.98. The van der Waals surface area contributed by atoms with Crippen molar-refractivity contribution in [3.05, 3.63) is 59.7 Å². The van der Waals surface area contributed by atoms with E-state index in [0.717, 1.165) is 16.8 Å². The summed E-state index contributed by atoms with van der Waals surface area (Å²) in [5.74, 6) is -2.29. The number of hydrogen-bond acceptors (Lipinski definition) is 11. The molecule has 0 aromatic heterocycles. The first-order valence-electron chi connectivity index (χ1n) is 12.8. The van der Waals surface area contributed by atoms with Gasteiger partial charge < -0.3 is 33.3 Å². The highest BCUT2D eigenvalue weighted by Crippen LogP contribution is 2.32. The summed E-state index contributed by atoms with van der Waals surface area (Å²) in [7, 11) is 3.93. The predicted molar refractivity (Wildman–Crippen MR) is 143 cm³/mol. The van der Waals surface area contributed by atoms with E-state index >= 15 is 0 Å². The van der Waals surface area contributed by atoms with Crippen LogP contribution in [-0.2, 0) is 49.3 Å². The van der Waals surface area contributed by atoms with Crippen LogP contribution in [0.15, 0.2) is 48.5 Å². The Morgan fingerprint density at radius 1 is 0.750 bits per heavy atom. The van der Waals surface area contributed by atoms with Crippen LogP contribution in [0.25, 0.3) is 0 Å². The van der Waals surface area contributed by atoms with E-state index in [9.17, 15) is 19.2 Å². The van der Waals surface area contributed by atoms with Gasteiger partial charge in [-0.05, 0) is 29.3 Å². The number of ether oxygens (including phenoxy) is 6. The van der Waals surface area contributed by atoms with E-state index in [-0.39, 0.29) is 6.61 Å². The molecule has 40 heavy (non-hydrogen) atoms. The van der Waals surface area contributed by atoms with Gasteiger partial charge in [-0.1, -0.05) is 30.3 Å². The van der Waals surface area contributed by atoms with Crippen LogP contribution in [0.5, 0.6) is 5.75 Å². The number of nitrogens with zero attached hydrogens (tertiary/aromatic N) is 1. The van der Waals surface area contributed by atoms with Crippen molar-refractivity contribution in [2.45, 2.75) is 64.8 Å². The molecule has 5 atom stereocenters. The Morgan fingerprint density at radius 2 is 1.32 bits per heavy atom. The first-order valence-corrected chi connectivity index (χ1v) is 12.8. The van der Waals surface area contributed by atoms with Crippen LogP contribution in [0.4, 0.5) is 5.69 Å². The molecule has 1 aliphatic heterocycles. The van der Waals surface area contributed by atoms with Gasteiger partial charge in [-0.2, -0.15) is 0 Å². The Hall–Kier alpha value is -4.12. The minimum absolute atomic E-state index is 0.336. The number of anilines is 1. The zero-order valence-corrected chi connectivity index (χ0v) is 23.4. The fourth-order valence-corrected chi connectivity index (χ4v) is 4.31. The van der Waals surface area contributed by atoms with E-state index in [4.69, 9.17) is 28.4 Å². The molecule has 2 aromatic rings. The zero-order chi connectivity index (χ0) is 29.4. The fourth-order valence-electron chi connectivity index (χ4n) is 4.31. The van der Waals surface area contributed by atoms with Gasteiger partial charge in [-0.3, -0.25) is 19.2 Å². The number of hydrogen-bond donors (Lipinski definition) is 0. The Morgan fingerprint density at radius 3 is 1.90 bits per heavy atom. The molecule has 0 aliphatic carbocycles. The molecule has 1 aliphatic rings. The van der Waals surface area contributed by atoms with Gasteiger partial charge >= 0.3 is 23.9 Å². The lowest BCUT2D eigenvalue weighted by molar-refractivity contribution is -0.288. The molecule has 0 spiro atoms. The minimum Gasteiger partial charge on any atom is -0.463 e. The summed E-state index contributed by atoms with van der Waals surface area (Å²) in [5.41, 5.74) is 2.90. The summed E-state index contributed by atoms with van der Waals surface area (Å²) >= 11 is 0. The number of carbonyl (C=O) groups excluding carboxylic acids is 4. The summed E-state index contributed by atoms with van der Waals surface area (Å²) in [6, 6.07) is 15.3. The van der Waals surface area contributed by atoms with E-state index < -0.39 is 54.6 Å². The van der Waals surface area contributed by atoms with Crippen LogP contribution < -0.4 is 9.64 Å². The van der Waals surface area contributed by atoms with Gasteiger partial charge in [0, 0.05) is 53.9 Å². The Labute approximate surface area is 233 Å². The smallest absolute Gasteiger partial charge is 0.303 e. The molecule has 0 radical (unpaired) electrons. The normalized spacial score (nSPS) is 22.0. The Bertz CT molecular complexity index is 1200. The first-order chi connectivity index (χ1) is 18.9. The third-order valence-electron chi connectivity index (χ3n) is 6.01. The molecule has 1 fully saturated rings. The molecule has 3 rings (SSSR count). The summed E-state index contributed by atoms with van der Waals surface area (Å²) in [6.45, 7) is 4.39. The fraction of sp³-hybridized carbons (Fsp3) is 0.448. The SMILES string of the molecule is CC(=O)OC[C@H]1OC(Oc2ccccc2Cc2ccc(N(C)C)cc2)[C@H](OC(C)=O)[C@@H](OC(C)=O)[C@@H]1OC(C)=O. The number of esters is 4. The van der Waals surface area contributed by atoms with Crippen LogP contribution in [0.1, 0.15) is 38.8 Å². The van der Waals surface area contributed by atoms with Gasteiger partial charge in [0.25, 0.3) is 0 Å². The quantitative estimate of drug-likeness (QED) is 0.316. The van der Waals surface area contributed by atoms with Crippen molar-refractivity contribution >= 4 is 29.6 Å². The van der Waals surface area contributed by atoms with Gasteiger partial charge in [0.2, 0.25) is 12.4 Å². The summed E-state index contributed by atoms with van der Waals surface area (Å²) < 4.78 is 33.8. The standard InChI is InChI=1S/C29H35NO10/c1-17(31)35-16-25-26(36-18(2)32)27(37-19(3)33)28(38-20(4)34)29(40-25)39-24-10-8-7-9-22(24)15-21-11-13-23(14-12-21)30(5)6/h7-14,25-29H,15-16H2,1-6H3/t25-,26-,27+,28-,29?/m1/s1. The third-order valence-corrected chi connectivity index (χ3v) is 6.01. The van der Waals surface area contributed by atoms with Crippen molar-refractivity contribution in [1.29, 1.82) is 0 Å². The molecule has 11 nitrogen and oxygen atoms in total.